The van der Waals surface area contributed by atoms with Crippen molar-refractivity contribution >= 4 is 28.3 Å². The second-order valence-electron chi connectivity index (χ2n) is 6.69. The minimum atomic E-state index is -0.130. The lowest BCUT2D eigenvalue weighted by molar-refractivity contribution is 0.100. The first-order chi connectivity index (χ1) is 13.5. The Kier molecular flexibility index (Phi) is 4.58. The van der Waals surface area contributed by atoms with Crippen molar-refractivity contribution in [3.05, 3.63) is 65.4 Å². The molecule has 0 aliphatic rings. The maximum Gasteiger partial charge on any atom is 0.176 e. The van der Waals surface area contributed by atoms with E-state index in [2.05, 4.69) is 15.5 Å². The fourth-order valence-corrected chi connectivity index (χ4v) is 3.03. The minimum absolute atomic E-state index is 0.0427. The Labute approximate surface area is 162 Å². The van der Waals surface area contributed by atoms with Crippen molar-refractivity contribution in [1.29, 1.82) is 0 Å². The van der Waals surface area contributed by atoms with Crippen molar-refractivity contribution in [2.75, 3.05) is 11.9 Å². The quantitative estimate of drug-likeness (QED) is 0.462. The highest BCUT2D eigenvalue weighted by Gasteiger charge is 2.13. The van der Waals surface area contributed by atoms with Crippen LogP contribution in [0, 0.1) is 13.8 Å². The smallest absolute Gasteiger partial charge is 0.176 e. The lowest BCUT2D eigenvalue weighted by Gasteiger charge is -2.11. The Morgan fingerprint density at radius 3 is 2.68 bits per heavy atom. The molecule has 28 heavy (non-hydrogen) atoms. The van der Waals surface area contributed by atoms with E-state index in [1.165, 1.54) is 0 Å². The number of carbonyl (C=O) groups excluding carboxylic acids is 1. The van der Waals surface area contributed by atoms with Gasteiger partial charge in [-0.25, -0.2) is 9.97 Å². The van der Waals surface area contributed by atoms with Gasteiger partial charge in [0.05, 0.1) is 12.1 Å². The SMILES string of the molecule is Cc1cccc(-c2nc(Nc3cc(C)[nH]n3)c3ccc(C(=O)CN)cc3n2)c1. The van der Waals surface area contributed by atoms with Gasteiger partial charge >= 0.3 is 0 Å². The third kappa shape index (κ3) is 3.47. The number of anilines is 2. The van der Waals surface area contributed by atoms with Gasteiger partial charge in [0.2, 0.25) is 0 Å². The monoisotopic (exact) mass is 372 g/mol. The zero-order valence-corrected chi connectivity index (χ0v) is 15.7. The molecule has 0 radical (unpaired) electrons. The van der Waals surface area contributed by atoms with E-state index < -0.39 is 0 Å². The maximum atomic E-state index is 12.0. The largest absolute Gasteiger partial charge is 0.324 e. The van der Waals surface area contributed by atoms with E-state index in [1.807, 2.05) is 50.2 Å². The summed E-state index contributed by atoms with van der Waals surface area (Å²) in [6.45, 7) is 3.91. The van der Waals surface area contributed by atoms with Crippen LogP contribution in [0.4, 0.5) is 11.6 Å². The van der Waals surface area contributed by atoms with Crippen molar-refractivity contribution in [1.82, 2.24) is 20.2 Å². The molecule has 0 amide bonds. The third-order valence-corrected chi connectivity index (χ3v) is 4.43. The molecule has 2 aromatic heterocycles. The van der Waals surface area contributed by atoms with Crippen LogP contribution in [0.1, 0.15) is 21.6 Å². The predicted molar refractivity (Wildman–Crippen MR) is 110 cm³/mol. The van der Waals surface area contributed by atoms with Crippen molar-refractivity contribution in [3.8, 4) is 11.4 Å². The van der Waals surface area contributed by atoms with Crippen molar-refractivity contribution < 1.29 is 4.79 Å². The summed E-state index contributed by atoms with van der Waals surface area (Å²) in [7, 11) is 0. The Balaban J connectivity index is 1.90. The first-order valence-corrected chi connectivity index (χ1v) is 8.94. The van der Waals surface area contributed by atoms with E-state index in [0.29, 0.717) is 28.5 Å². The number of aromatic nitrogens is 4. The van der Waals surface area contributed by atoms with Gasteiger partial charge < -0.3 is 11.1 Å². The summed E-state index contributed by atoms with van der Waals surface area (Å²) in [6.07, 6.45) is 0. The second-order valence-corrected chi connectivity index (χ2v) is 6.69. The highest BCUT2D eigenvalue weighted by atomic mass is 16.1. The number of benzene rings is 2. The number of ketones is 1. The molecule has 0 saturated heterocycles. The fraction of sp³-hybridized carbons (Fsp3) is 0.143. The van der Waals surface area contributed by atoms with Gasteiger partial charge in [0.1, 0.15) is 5.82 Å². The molecule has 7 heteroatoms. The summed E-state index contributed by atoms with van der Waals surface area (Å²) in [5.41, 5.74) is 9.67. The number of rotatable bonds is 5. The van der Waals surface area contributed by atoms with Crippen LogP contribution in [0.2, 0.25) is 0 Å². The van der Waals surface area contributed by atoms with E-state index in [1.54, 1.807) is 12.1 Å². The van der Waals surface area contributed by atoms with E-state index in [4.69, 9.17) is 15.7 Å². The average molecular weight is 372 g/mol. The molecule has 4 N–H and O–H groups in total. The fourth-order valence-electron chi connectivity index (χ4n) is 3.03. The van der Waals surface area contributed by atoms with Gasteiger partial charge in [-0.05, 0) is 32.0 Å². The van der Waals surface area contributed by atoms with E-state index in [0.717, 1.165) is 22.2 Å². The minimum Gasteiger partial charge on any atom is -0.324 e. The highest BCUT2D eigenvalue weighted by molar-refractivity contribution is 6.02. The Bertz CT molecular complexity index is 1180. The van der Waals surface area contributed by atoms with Crippen LogP contribution >= 0.6 is 0 Å². The summed E-state index contributed by atoms with van der Waals surface area (Å²) in [4.78, 5) is 21.5. The number of fused-ring (bicyclic) bond motifs is 1. The first kappa shape index (κ1) is 17.8. The Morgan fingerprint density at radius 1 is 1.11 bits per heavy atom. The predicted octanol–water partition coefficient (Wildman–Crippen LogP) is 3.52. The van der Waals surface area contributed by atoms with Crippen molar-refractivity contribution in [2.45, 2.75) is 13.8 Å². The van der Waals surface area contributed by atoms with E-state index in [-0.39, 0.29) is 12.3 Å². The molecular formula is C21H20N6O. The third-order valence-electron chi connectivity index (χ3n) is 4.43. The van der Waals surface area contributed by atoms with Crippen LogP contribution in [-0.2, 0) is 0 Å². The van der Waals surface area contributed by atoms with Gasteiger partial charge in [0.25, 0.3) is 0 Å². The number of nitrogens with one attached hydrogen (secondary N) is 2. The van der Waals surface area contributed by atoms with Crippen molar-refractivity contribution in [3.63, 3.8) is 0 Å². The number of aromatic amines is 1. The molecule has 4 aromatic rings. The number of aryl methyl sites for hydroxylation is 2. The molecule has 7 nitrogen and oxygen atoms in total. The summed E-state index contributed by atoms with van der Waals surface area (Å²) in [5.74, 6) is 1.73. The summed E-state index contributed by atoms with van der Waals surface area (Å²) in [6, 6.07) is 15.2. The molecule has 0 unspecified atom stereocenters. The normalized spacial score (nSPS) is 11.0. The number of hydrogen-bond acceptors (Lipinski definition) is 6. The molecule has 0 spiro atoms. The molecule has 2 heterocycles. The summed E-state index contributed by atoms with van der Waals surface area (Å²) in [5, 5.41) is 11.2. The highest BCUT2D eigenvalue weighted by Crippen LogP contribution is 2.28. The zero-order valence-electron chi connectivity index (χ0n) is 15.7. The molecular weight excluding hydrogens is 352 g/mol. The van der Waals surface area contributed by atoms with Crippen LogP contribution in [0.3, 0.4) is 0 Å². The van der Waals surface area contributed by atoms with Gasteiger partial charge in [-0.3, -0.25) is 9.89 Å². The van der Waals surface area contributed by atoms with E-state index >= 15 is 0 Å². The Hall–Kier alpha value is -3.58. The van der Waals surface area contributed by atoms with Gasteiger partial charge in [-0.15, -0.1) is 0 Å². The molecule has 140 valence electrons. The molecule has 0 aliphatic carbocycles. The summed E-state index contributed by atoms with van der Waals surface area (Å²) < 4.78 is 0. The van der Waals surface area contributed by atoms with Crippen LogP contribution in [0.25, 0.3) is 22.3 Å². The molecule has 0 fully saturated rings. The van der Waals surface area contributed by atoms with E-state index in [9.17, 15) is 4.79 Å². The summed E-state index contributed by atoms with van der Waals surface area (Å²) >= 11 is 0. The molecule has 0 bridgehead atoms. The number of carbonyl (C=O) groups is 1. The second kappa shape index (κ2) is 7.21. The zero-order chi connectivity index (χ0) is 19.7. The van der Waals surface area contributed by atoms with Gasteiger partial charge in [0.15, 0.2) is 17.4 Å². The molecule has 2 aromatic carbocycles. The van der Waals surface area contributed by atoms with Gasteiger partial charge in [-0.1, -0.05) is 29.8 Å². The number of Topliss-reactive ketones (excluding diaryl/α,β-unsaturated/α-hetero) is 1. The van der Waals surface area contributed by atoms with Crippen LogP contribution < -0.4 is 11.1 Å². The lowest BCUT2D eigenvalue weighted by atomic mass is 10.1. The average Bonchev–Trinajstić information content (AvgIpc) is 3.11. The standard InChI is InChI=1S/C21H20N6O/c1-12-4-3-5-15(8-12)20-23-17-10-14(18(28)11-22)6-7-16(17)21(25-20)24-19-9-13(2)26-27-19/h3-10H,11,22H2,1-2H3,(H2,23,24,25,26,27). The van der Waals surface area contributed by atoms with Crippen molar-refractivity contribution in [2.24, 2.45) is 5.73 Å². The number of nitrogens with zero attached hydrogens (tertiary/aromatic N) is 3. The molecule has 4 rings (SSSR count). The van der Waals surface area contributed by atoms with Crippen LogP contribution in [0.5, 0.6) is 0 Å². The molecule has 0 atom stereocenters. The molecule has 0 saturated carbocycles. The maximum absolute atomic E-state index is 12.0. The topological polar surface area (TPSA) is 110 Å². The van der Waals surface area contributed by atoms with Crippen LogP contribution in [-0.4, -0.2) is 32.5 Å². The van der Waals surface area contributed by atoms with Gasteiger partial charge in [-0.2, -0.15) is 5.10 Å². The molecule has 0 aliphatic heterocycles. The lowest BCUT2D eigenvalue weighted by Crippen LogP contribution is -2.13. The number of hydrogen-bond donors (Lipinski definition) is 3. The Morgan fingerprint density at radius 2 is 1.96 bits per heavy atom. The number of H-pyrrole nitrogens is 1. The number of nitrogens with two attached hydrogens (primary N) is 1. The first-order valence-electron chi connectivity index (χ1n) is 8.94. The van der Waals surface area contributed by atoms with Gasteiger partial charge in [0, 0.05) is 28.3 Å². The van der Waals surface area contributed by atoms with Crippen LogP contribution in [0.15, 0.2) is 48.5 Å².